The van der Waals surface area contributed by atoms with Gasteiger partial charge in [0, 0.05) is 25.7 Å². The van der Waals surface area contributed by atoms with Crippen LogP contribution in [0.3, 0.4) is 0 Å². The van der Waals surface area contributed by atoms with E-state index < -0.39 is 11.0 Å². The monoisotopic (exact) mass is 464 g/mol. The molecule has 0 aliphatic heterocycles. The quantitative estimate of drug-likeness (QED) is 0.488. The summed E-state index contributed by atoms with van der Waals surface area (Å²) in [6, 6.07) is 0. The van der Waals surface area contributed by atoms with Crippen LogP contribution in [-0.4, -0.2) is 47.9 Å². The summed E-state index contributed by atoms with van der Waals surface area (Å²) in [7, 11) is 0. The summed E-state index contributed by atoms with van der Waals surface area (Å²) in [6.45, 7) is 7.56. The Morgan fingerprint density at radius 1 is 0.909 bits per heavy atom. The van der Waals surface area contributed by atoms with Crippen molar-refractivity contribution >= 4 is 17.9 Å². The van der Waals surface area contributed by atoms with Gasteiger partial charge in [0.2, 0.25) is 0 Å². The van der Waals surface area contributed by atoms with E-state index in [1.165, 1.54) is 13.8 Å². The number of rotatable bonds is 5. The standard InChI is InChI=1S/C26H40O7/c1-5-31-23(29)22-7-6-20-19-9-13-26(30)14-18(33-17(3)28)8-12-25(26,15-32-16(2)27)21(19)10-11-24(20,22)4/h18-22,30H,5-15H2,1-4H3/t18-,19-,20-,21-,22+,24-,25-,26-/m0/s1. The number of aliphatic hydroxyl groups is 1. The van der Waals surface area contributed by atoms with Gasteiger partial charge in [-0.05, 0) is 81.5 Å². The predicted molar refractivity (Wildman–Crippen MR) is 120 cm³/mol. The van der Waals surface area contributed by atoms with Gasteiger partial charge in [-0.2, -0.15) is 0 Å². The van der Waals surface area contributed by atoms with Crippen molar-refractivity contribution in [2.45, 2.75) is 97.2 Å². The van der Waals surface area contributed by atoms with Crippen molar-refractivity contribution in [3.05, 3.63) is 0 Å². The van der Waals surface area contributed by atoms with E-state index in [1.807, 2.05) is 6.92 Å². The first-order valence-corrected chi connectivity index (χ1v) is 12.8. The Bertz CT molecular complexity index is 796. The molecule has 7 heteroatoms. The Balaban J connectivity index is 1.63. The van der Waals surface area contributed by atoms with Crippen LogP contribution in [0.2, 0.25) is 0 Å². The minimum Gasteiger partial charge on any atom is -0.466 e. The highest BCUT2D eigenvalue weighted by atomic mass is 16.5. The van der Waals surface area contributed by atoms with Crippen LogP contribution >= 0.6 is 0 Å². The third-order valence-electron chi connectivity index (χ3n) is 9.88. The molecule has 0 heterocycles. The first kappa shape index (κ1) is 24.5. The van der Waals surface area contributed by atoms with Gasteiger partial charge in [-0.15, -0.1) is 0 Å². The fourth-order valence-electron chi connectivity index (χ4n) is 8.51. The van der Waals surface area contributed by atoms with Gasteiger partial charge in [0.25, 0.3) is 0 Å². The van der Waals surface area contributed by atoms with E-state index in [2.05, 4.69) is 6.92 Å². The van der Waals surface area contributed by atoms with E-state index in [-0.39, 0.29) is 47.9 Å². The number of esters is 3. The minimum absolute atomic E-state index is 0.0617. The first-order chi connectivity index (χ1) is 15.6. The summed E-state index contributed by atoms with van der Waals surface area (Å²) in [5.74, 6) is 0.208. The maximum atomic E-state index is 12.7. The van der Waals surface area contributed by atoms with Crippen LogP contribution in [0.1, 0.15) is 85.5 Å². The molecule has 4 aliphatic rings. The smallest absolute Gasteiger partial charge is 0.309 e. The SMILES string of the molecule is CCOC(=O)[C@H]1CC[C@H]2[C@@H]3CC[C@]4(O)C[C@@H](OC(C)=O)CC[C@]4(COC(C)=O)[C@H]3CC[C@]12C. The van der Waals surface area contributed by atoms with Crippen LogP contribution in [0.5, 0.6) is 0 Å². The van der Waals surface area contributed by atoms with Crippen molar-refractivity contribution in [1.82, 2.24) is 0 Å². The molecule has 4 saturated carbocycles. The van der Waals surface area contributed by atoms with Gasteiger partial charge in [0.1, 0.15) is 6.10 Å². The molecule has 0 spiro atoms. The molecule has 186 valence electrons. The maximum absolute atomic E-state index is 12.7. The summed E-state index contributed by atoms with van der Waals surface area (Å²) in [4.78, 5) is 36.1. The Morgan fingerprint density at radius 3 is 2.33 bits per heavy atom. The second-order valence-corrected chi connectivity index (χ2v) is 11.3. The van der Waals surface area contributed by atoms with Crippen molar-refractivity contribution in [3.63, 3.8) is 0 Å². The molecule has 0 unspecified atom stereocenters. The normalized spacial score (nSPS) is 44.1. The zero-order chi connectivity index (χ0) is 24.0. The van der Waals surface area contributed by atoms with Crippen LogP contribution in [0.4, 0.5) is 0 Å². The lowest BCUT2D eigenvalue weighted by Crippen LogP contribution is -2.66. The van der Waals surface area contributed by atoms with E-state index in [0.29, 0.717) is 44.1 Å². The number of hydrogen-bond acceptors (Lipinski definition) is 7. The Morgan fingerprint density at radius 2 is 1.67 bits per heavy atom. The Hall–Kier alpha value is -1.63. The molecule has 7 nitrogen and oxygen atoms in total. The van der Waals surface area contributed by atoms with Crippen molar-refractivity contribution < 1.29 is 33.7 Å². The Kier molecular flexibility index (Phi) is 6.58. The molecule has 0 bridgehead atoms. The highest BCUT2D eigenvalue weighted by Crippen LogP contribution is 2.68. The lowest BCUT2D eigenvalue weighted by Gasteiger charge is -2.64. The third kappa shape index (κ3) is 3.98. The van der Waals surface area contributed by atoms with Gasteiger partial charge < -0.3 is 19.3 Å². The number of ether oxygens (including phenoxy) is 3. The van der Waals surface area contributed by atoms with Gasteiger partial charge in [-0.3, -0.25) is 14.4 Å². The molecule has 4 rings (SSSR count). The molecule has 4 fully saturated rings. The topological polar surface area (TPSA) is 99.1 Å². The zero-order valence-electron chi connectivity index (χ0n) is 20.6. The molecule has 8 atom stereocenters. The number of carbonyl (C=O) groups is 3. The van der Waals surface area contributed by atoms with Crippen LogP contribution in [-0.2, 0) is 28.6 Å². The molecule has 4 aliphatic carbocycles. The summed E-state index contributed by atoms with van der Waals surface area (Å²) in [6.07, 6.45) is 6.57. The zero-order valence-corrected chi connectivity index (χ0v) is 20.6. The van der Waals surface area contributed by atoms with Crippen molar-refractivity contribution in [2.24, 2.45) is 34.5 Å². The average molecular weight is 465 g/mol. The molecular weight excluding hydrogens is 424 g/mol. The highest BCUT2D eigenvalue weighted by Gasteiger charge is 2.67. The predicted octanol–water partition coefficient (Wildman–Crippen LogP) is 3.80. The lowest BCUT2D eigenvalue weighted by molar-refractivity contribution is -0.245. The van der Waals surface area contributed by atoms with Crippen molar-refractivity contribution in [2.75, 3.05) is 13.2 Å². The summed E-state index contributed by atoms with van der Waals surface area (Å²) in [5.41, 5.74) is -1.66. The lowest BCUT2D eigenvalue weighted by atomic mass is 9.43. The van der Waals surface area contributed by atoms with E-state index in [0.717, 1.165) is 32.1 Å². The fraction of sp³-hybridized carbons (Fsp3) is 0.885. The van der Waals surface area contributed by atoms with E-state index in [4.69, 9.17) is 14.2 Å². The first-order valence-electron chi connectivity index (χ1n) is 12.8. The van der Waals surface area contributed by atoms with E-state index in [1.54, 1.807) is 0 Å². The molecular formula is C26H40O7. The van der Waals surface area contributed by atoms with Crippen LogP contribution in [0, 0.1) is 34.5 Å². The summed E-state index contributed by atoms with van der Waals surface area (Å²) < 4.78 is 16.6. The number of hydrogen-bond donors (Lipinski definition) is 1. The maximum Gasteiger partial charge on any atom is 0.309 e. The molecule has 33 heavy (non-hydrogen) atoms. The number of carbonyl (C=O) groups excluding carboxylic acids is 3. The van der Waals surface area contributed by atoms with Crippen LogP contribution in [0.25, 0.3) is 0 Å². The van der Waals surface area contributed by atoms with Gasteiger partial charge in [-0.1, -0.05) is 6.92 Å². The van der Waals surface area contributed by atoms with Gasteiger partial charge in [0.05, 0.1) is 24.7 Å². The minimum atomic E-state index is -1.03. The van der Waals surface area contributed by atoms with E-state index >= 15 is 0 Å². The highest BCUT2D eigenvalue weighted by molar-refractivity contribution is 5.74. The molecule has 0 saturated heterocycles. The van der Waals surface area contributed by atoms with E-state index in [9.17, 15) is 19.5 Å². The second-order valence-electron chi connectivity index (χ2n) is 11.3. The largest absolute Gasteiger partial charge is 0.466 e. The summed E-state index contributed by atoms with van der Waals surface area (Å²) in [5, 5.41) is 12.0. The molecule has 0 aromatic heterocycles. The molecule has 0 amide bonds. The molecule has 1 N–H and O–H groups in total. The van der Waals surface area contributed by atoms with Crippen LogP contribution < -0.4 is 0 Å². The van der Waals surface area contributed by atoms with Crippen molar-refractivity contribution in [3.8, 4) is 0 Å². The molecule has 0 aromatic rings. The fourth-order valence-corrected chi connectivity index (χ4v) is 8.51. The van der Waals surface area contributed by atoms with Gasteiger partial charge in [-0.25, -0.2) is 0 Å². The summed E-state index contributed by atoms with van der Waals surface area (Å²) >= 11 is 0. The van der Waals surface area contributed by atoms with Crippen molar-refractivity contribution in [1.29, 1.82) is 0 Å². The average Bonchev–Trinajstić information content (AvgIpc) is 3.09. The number of fused-ring (bicyclic) bond motifs is 5. The van der Waals surface area contributed by atoms with Gasteiger partial charge >= 0.3 is 17.9 Å². The van der Waals surface area contributed by atoms with Gasteiger partial charge in [0.15, 0.2) is 0 Å². The Labute approximate surface area is 196 Å². The second kappa shape index (κ2) is 8.86. The molecule has 0 radical (unpaired) electrons. The van der Waals surface area contributed by atoms with Crippen LogP contribution in [0.15, 0.2) is 0 Å². The third-order valence-corrected chi connectivity index (χ3v) is 9.88. The molecule has 0 aromatic carbocycles.